The van der Waals surface area contributed by atoms with Crippen molar-refractivity contribution in [3.8, 4) is 5.69 Å². The van der Waals surface area contributed by atoms with Crippen LogP contribution in [-0.4, -0.2) is 20.4 Å². The Kier molecular flexibility index (Phi) is 3.44. The fourth-order valence-corrected chi connectivity index (χ4v) is 1.81. The van der Waals surface area contributed by atoms with Crippen LogP contribution >= 0.6 is 11.6 Å². The highest BCUT2D eigenvalue weighted by molar-refractivity contribution is 6.31. The summed E-state index contributed by atoms with van der Waals surface area (Å²) in [6.45, 7) is 4.83. The number of carbonyl (C=O) groups is 1. The standard InChI is InChI=1S/C12H13ClN4O2/c1-7-4-5-10(6-11(7)13)17-12(19)16(8(2)14-17)15-9(3)18/h4-6H,1-3H3,(H,15,18). The summed E-state index contributed by atoms with van der Waals surface area (Å²) >= 11 is 6.03. The number of benzene rings is 1. The molecule has 2 rings (SSSR count). The van der Waals surface area contributed by atoms with E-state index in [1.807, 2.05) is 6.92 Å². The zero-order valence-electron chi connectivity index (χ0n) is 10.8. The van der Waals surface area contributed by atoms with Gasteiger partial charge in [0.15, 0.2) is 5.82 Å². The first-order chi connectivity index (χ1) is 8.90. The molecule has 0 saturated carbocycles. The summed E-state index contributed by atoms with van der Waals surface area (Å²) < 4.78 is 2.28. The largest absolute Gasteiger partial charge is 0.369 e. The van der Waals surface area contributed by atoms with Crippen LogP contribution in [-0.2, 0) is 4.79 Å². The molecule has 19 heavy (non-hydrogen) atoms. The van der Waals surface area contributed by atoms with E-state index in [9.17, 15) is 9.59 Å². The SMILES string of the molecule is CC(=O)Nn1c(C)nn(-c2ccc(C)c(Cl)c2)c1=O. The second kappa shape index (κ2) is 4.89. The van der Waals surface area contributed by atoms with Crippen molar-refractivity contribution in [1.82, 2.24) is 14.5 Å². The first-order valence-corrected chi connectivity index (χ1v) is 6.00. The van der Waals surface area contributed by atoms with Gasteiger partial charge in [-0.15, -0.1) is 5.10 Å². The van der Waals surface area contributed by atoms with Crippen LogP contribution in [0.3, 0.4) is 0 Å². The quantitative estimate of drug-likeness (QED) is 0.904. The van der Waals surface area contributed by atoms with Gasteiger partial charge in [-0.25, -0.2) is 4.79 Å². The van der Waals surface area contributed by atoms with Crippen molar-refractivity contribution in [2.75, 3.05) is 5.43 Å². The Bertz CT molecular complexity index is 702. The number of aryl methyl sites for hydroxylation is 2. The van der Waals surface area contributed by atoms with Crippen molar-refractivity contribution >= 4 is 17.5 Å². The number of halogens is 1. The average Bonchev–Trinajstić information content (AvgIpc) is 2.60. The molecule has 6 nitrogen and oxygen atoms in total. The van der Waals surface area contributed by atoms with Crippen LogP contribution in [0.1, 0.15) is 18.3 Å². The number of amides is 1. The lowest BCUT2D eigenvalue weighted by Crippen LogP contribution is -2.33. The molecule has 1 amide bonds. The summed E-state index contributed by atoms with van der Waals surface area (Å²) in [5.74, 6) is 0.0450. The van der Waals surface area contributed by atoms with Crippen LogP contribution < -0.4 is 11.1 Å². The Morgan fingerprint density at radius 1 is 1.37 bits per heavy atom. The van der Waals surface area contributed by atoms with Crippen molar-refractivity contribution in [2.45, 2.75) is 20.8 Å². The highest BCUT2D eigenvalue weighted by Crippen LogP contribution is 2.18. The summed E-state index contributed by atoms with van der Waals surface area (Å²) in [5, 5.41) is 4.65. The molecule has 0 aliphatic rings. The average molecular weight is 281 g/mol. The van der Waals surface area contributed by atoms with E-state index in [2.05, 4.69) is 10.5 Å². The van der Waals surface area contributed by atoms with Gasteiger partial charge in [0, 0.05) is 11.9 Å². The predicted molar refractivity (Wildman–Crippen MR) is 72.3 cm³/mol. The molecule has 0 spiro atoms. The van der Waals surface area contributed by atoms with Gasteiger partial charge in [0.2, 0.25) is 5.91 Å². The first kappa shape index (κ1) is 13.4. The third kappa shape index (κ3) is 2.53. The minimum atomic E-state index is -0.451. The first-order valence-electron chi connectivity index (χ1n) is 5.63. The predicted octanol–water partition coefficient (Wildman–Crippen LogP) is 1.39. The molecule has 0 atom stereocenters. The molecule has 0 aliphatic carbocycles. The molecule has 1 N–H and O–H groups in total. The molecule has 7 heteroatoms. The fraction of sp³-hybridized carbons (Fsp3) is 0.250. The minimum absolute atomic E-state index is 0.341. The highest BCUT2D eigenvalue weighted by Gasteiger charge is 2.12. The van der Waals surface area contributed by atoms with Gasteiger partial charge in [0.1, 0.15) is 0 Å². The number of nitrogens with zero attached hydrogens (tertiary/aromatic N) is 3. The van der Waals surface area contributed by atoms with Crippen molar-refractivity contribution in [3.05, 3.63) is 45.1 Å². The van der Waals surface area contributed by atoms with Crippen LogP contribution in [0.15, 0.2) is 23.0 Å². The van der Waals surface area contributed by atoms with Gasteiger partial charge in [0.25, 0.3) is 0 Å². The Labute approximate surface area is 114 Å². The molecule has 0 fully saturated rings. The van der Waals surface area contributed by atoms with Gasteiger partial charge < -0.3 is 0 Å². The molecular weight excluding hydrogens is 268 g/mol. The van der Waals surface area contributed by atoms with Gasteiger partial charge in [-0.3, -0.25) is 10.2 Å². The van der Waals surface area contributed by atoms with E-state index in [0.29, 0.717) is 16.5 Å². The Morgan fingerprint density at radius 3 is 2.63 bits per heavy atom. The molecule has 1 heterocycles. The third-order valence-electron chi connectivity index (χ3n) is 2.61. The number of aromatic nitrogens is 3. The Hall–Kier alpha value is -2.08. The van der Waals surface area contributed by atoms with Crippen LogP contribution in [0, 0.1) is 13.8 Å². The molecule has 0 unspecified atom stereocenters. The highest BCUT2D eigenvalue weighted by atomic mass is 35.5. The van der Waals surface area contributed by atoms with Crippen LogP contribution in [0.25, 0.3) is 5.69 Å². The second-order valence-corrected chi connectivity index (χ2v) is 4.59. The normalized spacial score (nSPS) is 10.5. The van der Waals surface area contributed by atoms with Crippen molar-refractivity contribution in [2.24, 2.45) is 0 Å². The molecule has 1 aromatic carbocycles. The third-order valence-corrected chi connectivity index (χ3v) is 3.02. The number of nitrogens with one attached hydrogen (secondary N) is 1. The monoisotopic (exact) mass is 280 g/mol. The minimum Gasteiger partial charge on any atom is -0.274 e. The van der Waals surface area contributed by atoms with Crippen molar-refractivity contribution < 1.29 is 4.79 Å². The molecule has 100 valence electrons. The smallest absolute Gasteiger partial charge is 0.274 e. The van der Waals surface area contributed by atoms with Crippen LogP contribution in [0.4, 0.5) is 0 Å². The topological polar surface area (TPSA) is 68.9 Å². The number of rotatable bonds is 2. The van der Waals surface area contributed by atoms with Crippen LogP contribution in [0.5, 0.6) is 0 Å². The number of carbonyl (C=O) groups excluding carboxylic acids is 1. The maximum atomic E-state index is 12.1. The fourth-order valence-electron chi connectivity index (χ4n) is 1.63. The summed E-state index contributed by atoms with van der Waals surface area (Å²) in [4.78, 5) is 23.2. The summed E-state index contributed by atoms with van der Waals surface area (Å²) in [7, 11) is 0. The summed E-state index contributed by atoms with van der Waals surface area (Å²) in [6.07, 6.45) is 0. The van der Waals surface area contributed by atoms with E-state index in [1.165, 1.54) is 11.6 Å². The number of hydrogen-bond donors (Lipinski definition) is 1. The summed E-state index contributed by atoms with van der Waals surface area (Å²) in [5.41, 5.74) is 3.42. The Balaban J connectivity index is 2.54. The molecule has 0 aliphatic heterocycles. The van der Waals surface area contributed by atoms with Gasteiger partial charge in [-0.1, -0.05) is 17.7 Å². The molecule has 0 saturated heterocycles. The van der Waals surface area contributed by atoms with E-state index in [1.54, 1.807) is 25.1 Å². The van der Waals surface area contributed by atoms with E-state index in [-0.39, 0.29) is 5.91 Å². The molecule has 1 aromatic heterocycles. The Morgan fingerprint density at radius 2 is 2.05 bits per heavy atom. The number of hydrogen-bond acceptors (Lipinski definition) is 3. The van der Waals surface area contributed by atoms with Gasteiger partial charge >= 0.3 is 5.69 Å². The zero-order chi connectivity index (χ0) is 14.2. The molecule has 2 aromatic rings. The lowest BCUT2D eigenvalue weighted by molar-refractivity contribution is -0.115. The van der Waals surface area contributed by atoms with Crippen molar-refractivity contribution in [3.63, 3.8) is 0 Å². The zero-order valence-corrected chi connectivity index (χ0v) is 11.5. The van der Waals surface area contributed by atoms with E-state index < -0.39 is 5.69 Å². The van der Waals surface area contributed by atoms with Gasteiger partial charge in [0.05, 0.1) is 5.69 Å². The lowest BCUT2D eigenvalue weighted by atomic mass is 10.2. The van der Waals surface area contributed by atoms with Crippen molar-refractivity contribution in [1.29, 1.82) is 0 Å². The maximum Gasteiger partial charge on any atom is 0.369 e. The van der Waals surface area contributed by atoms with Crippen LogP contribution in [0.2, 0.25) is 5.02 Å². The molecule has 0 bridgehead atoms. The maximum absolute atomic E-state index is 12.1. The molecular formula is C12H13ClN4O2. The molecule has 0 radical (unpaired) electrons. The van der Waals surface area contributed by atoms with Gasteiger partial charge in [-0.05, 0) is 31.5 Å². The summed E-state index contributed by atoms with van der Waals surface area (Å²) in [6, 6.07) is 5.20. The van der Waals surface area contributed by atoms with E-state index >= 15 is 0 Å². The van der Waals surface area contributed by atoms with E-state index in [0.717, 1.165) is 10.2 Å². The second-order valence-electron chi connectivity index (χ2n) is 4.18. The van der Waals surface area contributed by atoms with Gasteiger partial charge in [-0.2, -0.15) is 9.36 Å². The lowest BCUT2D eigenvalue weighted by Gasteiger charge is -2.03. The van der Waals surface area contributed by atoms with E-state index in [4.69, 9.17) is 11.6 Å².